The number of rotatable bonds is 4. The zero-order chi connectivity index (χ0) is 13.8. The van der Waals surface area contributed by atoms with Gasteiger partial charge >= 0.3 is 0 Å². The van der Waals surface area contributed by atoms with Crippen molar-refractivity contribution in [3.63, 3.8) is 0 Å². The van der Waals surface area contributed by atoms with Crippen LogP contribution in [0.25, 0.3) is 0 Å². The topological polar surface area (TPSA) is 41.1 Å². The fourth-order valence-electron chi connectivity index (χ4n) is 2.40. The number of aromatic nitrogens is 2. The van der Waals surface area contributed by atoms with Gasteiger partial charge in [-0.1, -0.05) is 13.8 Å². The normalized spacial score (nSPS) is 15.9. The van der Waals surface area contributed by atoms with Gasteiger partial charge in [0.15, 0.2) is 0 Å². The molecule has 5 heteroatoms. The van der Waals surface area contributed by atoms with Crippen LogP contribution in [0.15, 0.2) is 0 Å². The molecule has 0 bridgehead atoms. The molecule has 1 aromatic rings. The molecule has 2 heterocycles. The highest BCUT2D eigenvalue weighted by Crippen LogP contribution is 2.25. The monoisotopic (exact) mass is 374 g/mol. The molecule has 0 aromatic carbocycles. The molecule has 4 nitrogen and oxygen atoms in total. The largest absolute Gasteiger partial charge is 0.372 e. The predicted octanol–water partition coefficient (Wildman–Crippen LogP) is 3.31. The maximum Gasteiger partial charge on any atom is 0.227 e. The predicted molar refractivity (Wildman–Crippen MR) is 88.9 cm³/mol. The summed E-state index contributed by atoms with van der Waals surface area (Å²) in [7, 11) is 1.93. The maximum absolute atomic E-state index is 4.81. The number of halogens is 1. The molecular formula is C14H23IN4. The number of piperidine rings is 1. The number of nitrogens with one attached hydrogen (secondary N) is 1. The third kappa shape index (κ3) is 3.70. The van der Waals surface area contributed by atoms with Crippen molar-refractivity contribution < 1.29 is 0 Å². The molecule has 0 spiro atoms. The van der Waals surface area contributed by atoms with Gasteiger partial charge in [-0.25, -0.2) is 4.98 Å². The summed E-state index contributed by atoms with van der Waals surface area (Å²) in [4.78, 5) is 11.8. The van der Waals surface area contributed by atoms with Gasteiger partial charge in [-0.2, -0.15) is 4.98 Å². The Bertz CT molecular complexity index is 428. The molecule has 106 valence electrons. The third-order valence-electron chi connectivity index (χ3n) is 3.39. The smallest absolute Gasteiger partial charge is 0.227 e. The van der Waals surface area contributed by atoms with Crippen molar-refractivity contribution in [1.82, 2.24) is 9.97 Å². The molecule has 1 N–H and O–H groups in total. The molecule has 1 fully saturated rings. The van der Waals surface area contributed by atoms with Crippen LogP contribution in [0.4, 0.5) is 11.8 Å². The van der Waals surface area contributed by atoms with E-state index in [0.717, 1.165) is 34.8 Å². The van der Waals surface area contributed by atoms with Crippen LogP contribution in [0, 0.1) is 9.49 Å². The van der Waals surface area contributed by atoms with Gasteiger partial charge in [0.05, 0.1) is 9.26 Å². The first-order chi connectivity index (χ1) is 9.11. The van der Waals surface area contributed by atoms with Crippen molar-refractivity contribution in [3.05, 3.63) is 9.26 Å². The van der Waals surface area contributed by atoms with Gasteiger partial charge in [0, 0.05) is 20.1 Å². The molecule has 1 saturated heterocycles. The van der Waals surface area contributed by atoms with Crippen LogP contribution in [-0.2, 0) is 6.42 Å². The molecule has 0 amide bonds. The van der Waals surface area contributed by atoms with E-state index in [1.165, 1.54) is 25.0 Å². The second-order valence-corrected chi connectivity index (χ2v) is 6.61. The molecule has 0 atom stereocenters. The van der Waals surface area contributed by atoms with Gasteiger partial charge in [0.25, 0.3) is 0 Å². The van der Waals surface area contributed by atoms with E-state index in [4.69, 9.17) is 4.98 Å². The highest BCUT2D eigenvalue weighted by Gasteiger charge is 2.18. The standard InChI is InChI=1S/C14H23IN4/c1-10(2)9-11-12(15)13(16-3)18-14(17-11)19-7-5-4-6-8-19/h10H,4-9H2,1-3H3,(H,16,17,18). The number of hydrogen-bond acceptors (Lipinski definition) is 4. The summed E-state index contributed by atoms with van der Waals surface area (Å²) in [5.74, 6) is 2.48. The first-order valence-corrected chi connectivity index (χ1v) is 8.18. The lowest BCUT2D eigenvalue weighted by Crippen LogP contribution is -2.31. The minimum Gasteiger partial charge on any atom is -0.372 e. The summed E-state index contributed by atoms with van der Waals surface area (Å²) in [6.45, 7) is 6.64. The molecular weight excluding hydrogens is 351 g/mol. The highest BCUT2D eigenvalue weighted by atomic mass is 127. The van der Waals surface area contributed by atoms with Gasteiger partial charge in [0.1, 0.15) is 5.82 Å². The Morgan fingerprint density at radius 2 is 1.89 bits per heavy atom. The zero-order valence-corrected chi connectivity index (χ0v) is 14.2. The van der Waals surface area contributed by atoms with Crippen LogP contribution < -0.4 is 10.2 Å². The quantitative estimate of drug-likeness (QED) is 0.822. The molecule has 0 aliphatic carbocycles. The molecule has 0 unspecified atom stereocenters. The van der Waals surface area contributed by atoms with E-state index in [1.54, 1.807) is 0 Å². The van der Waals surface area contributed by atoms with Crippen LogP contribution in [0.1, 0.15) is 38.8 Å². The third-order valence-corrected chi connectivity index (χ3v) is 4.52. The summed E-state index contributed by atoms with van der Waals surface area (Å²) in [6, 6.07) is 0. The van der Waals surface area contributed by atoms with Gasteiger partial charge in [0.2, 0.25) is 5.95 Å². The van der Waals surface area contributed by atoms with E-state index in [-0.39, 0.29) is 0 Å². The Kier molecular flexibility index (Phi) is 5.24. The van der Waals surface area contributed by atoms with Crippen molar-refractivity contribution in [2.75, 3.05) is 30.4 Å². The van der Waals surface area contributed by atoms with Crippen LogP contribution >= 0.6 is 22.6 Å². The van der Waals surface area contributed by atoms with Crippen molar-refractivity contribution in [3.8, 4) is 0 Å². The fourth-order valence-corrected chi connectivity index (χ4v) is 3.13. The summed E-state index contributed by atoms with van der Waals surface area (Å²) < 4.78 is 1.16. The summed E-state index contributed by atoms with van der Waals surface area (Å²) >= 11 is 2.36. The summed E-state index contributed by atoms with van der Waals surface area (Å²) in [5, 5.41) is 3.20. The Hall–Kier alpha value is -0.590. The van der Waals surface area contributed by atoms with Crippen molar-refractivity contribution in [2.24, 2.45) is 5.92 Å². The Labute approximate surface area is 129 Å². The molecule has 0 radical (unpaired) electrons. The molecule has 1 aromatic heterocycles. The summed E-state index contributed by atoms with van der Waals surface area (Å²) in [5.41, 5.74) is 1.18. The molecule has 0 saturated carbocycles. The molecule has 19 heavy (non-hydrogen) atoms. The van der Waals surface area contributed by atoms with Crippen LogP contribution in [-0.4, -0.2) is 30.1 Å². The number of anilines is 2. The van der Waals surface area contributed by atoms with Crippen LogP contribution in [0.3, 0.4) is 0 Å². The second kappa shape index (κ2) is 6.72. The molecule has 2 rings (SSSR count). The average Bonchev–Trinajstić information content (AvgIpc) is 2.41. The first-order valence-electron chi connectivity index (χ1n) is 7.11. The van der Waals surface area contributed by atoms with Crippen molar-refractivity contribution in [1.29, 1.82) is 0 Å². The molecule has 1 aliphatic rings. The maximum atomic E-state index is 4.81. The zero-order valence-electron chi connectivity index (χ0n) is 12.0. The minimum atomic E-state index is 0.613. The Morgan fingerprint density at radius 1 is 1.21 bits per heavy atom. The van der Waals surface area contributed by atoms with Crippen LogP contribution in [0.2, 0.25) is 0 Å². The van der Waals surface area contributed by atoms with E-state index in [1.807, 2.05) is 7.05 Å². The lowest BCUT2D eigenvalue weighted by atomic mass is 10.1. The van der Waals surface area contributed by atoms with Gasteiger partial charge in [-0.15, -0.1) is 0 Å². The van der Waals surface area contributed by atoms with E-state index in [2.05, 4.69) is 51.6 Å². The Balaban J connectivity index is 2.32. The Morgan fingerprint density at radius 3 is 2.47 bits per heavy atom. The van der Waals surface area contributed by atoms with E-state index >= 15 is 0 Å². The van der Waals surface area contributed by atoms with E-state index in [9.17, 15) is 0 Å². The SMILES string of the molecule is CNc1nc(N2CCCCC2)nc(CC(C)C)c1I. The van der Waals surface area contributed by atoms with Crippen molar-refractivity contribution >= 4 is 34.4 Å². The van der Waals surface area contributed by atoms with Crippen molar-refractivity contribution in [2.45, 2.75) is 39.5 Å². The average molecular weight is 374 g/mol. The lowest BCUT2D eigenvalue weighted by Gasteiger charge is -2.27. The second-order valence-electron chi connectivity index (χ2n) is 5.53. The van der Waals surface area contributed by atoms with Gasteiger partial charge < -0.3 is 10.2 Å². The lowest BCUT2D eigenvalue weighted by molar-refractivity contribution is 0.564. The highest BCUT2D eigenvalue weighted by molar-refractivity contribution is 14.1. The minimum absolute atomic E-state index is 0.613. The van der Waals surface area contributed by atoms with E-state index < -0.39 is 0 Å². The molecule has 1 aliphatic heterocycles. The number of hydrogen-bond donors (Lipinski definition) is 1. The first kappa shape index (κ1) is 14.8. The van der Waals surface area contributed by atoms with Gasteiger partial charge in [-0.3, -0.25) is 0 Å². The van der Waals surface area contributed by atoms with Crippen LogP contribution in [0.5, 0.6) is 0 Å². The number of nitrogens with zero attached hydrogens (tertiary/aromatic N) is 3. The summed E-state index contributed by atoms with van der Waals surface area (Å²) in [6.07, 6.45) is 4.85. The van der Waals surface area contributed by atoms with Gasteiger partial charge in [-0.05, 0) is 54.2 Å². The van der Waals surface area contributed by atoms with E-state index in [0.29, 0.717) is 5.92 Å². The fraction of sp³-hybridized carbons (Fsp3) is 0.714.